The summed E-state index contributed by atoms with van der Waals surface area (Å²) < 4.78 is 5.25. The topological polar surface area (TPSA) is 55.4 Å². The zero-order valence-electron chi connectivity index (χ0n) is 15.8. The van der Waals surface area contributed by atoms with Crippen LogP contribution in [0.15, 0.2) is 84.9 Å². The van der Waals surface area contributed by atoms with E-state index in [2.05, 4.69) is 5.32 Å². The maximum absolute atomic E-state index is 12.5. The number of carbonyl (C=O) groups is 2. The Hall–Kier alpha value is -3.40. The maximum atomic E-state index is 12.5. The van der Waals surface area contributed by atoms with Crippen molar-refractivity contribution in [1.82, 2.24) is 5.32 Å². The van der Waals surface area contributed by atoms with Crippen LogP contribution in [0.4, 0.5) is 0 Å². The van der Waals surface area contributed by atoms with Crippen LogP contribution in [-0.2, 0) is 16.0 Å². The van der Waals surface area contributed by atoms with Crippen molar-refractivity contribution in [2.24, 2.45) is 0 Å². The summed E-state index contributed by atoms with van der Waals surface area (Å²) in [6, 6.07) is 26.7. The van der Waals surface area contributed by atoms with Gasteiger partial charge in [-0.05, 0) is 36.1 Å². The van der Waals surface area contributed by atoms with Crippen LogP contribution in [0, 0.1) is 0 Å². The molecular formula is C24H23NO3. The smallest absolute Gasteiger partial charge is 0.338 e. The molecule has 0 saturated heterocycles. The fraction of sp³-hybridized carbons (Fsp3) is 0.167. The molecule has 3 rings (SSSR count). The highest BCUT2D eigenvalue weighted by atomic mass is 16.5. The molecule has 28 heavy (non-hydrogen) atoms. The molecule has 0 aromatic heterocycles. The molecule has 0 bridgehead atoms. The first-order valence-corrected chi connectivity index (χ1v) is 9.27. The van der Waals surface area contributed by atoms with Crippen molar-refractivity contribution in [3.05, 3.63) is 107 Å². The lowest BCUT2D eigenvalue weighted by molar-refractivity contribution is -0.124. The average Bonchev–Trinajstić information content (AvgIpc) is 2.74. The van der Waals surface area contributed by atoms with Gasteiger partial charge in [0.2, 0.25) is 0 Å². The first-order valence-electron chi connectivity index (χ1n) is 9.27. The second kappa shape index (κ2) is 9.51. The van der Waals surface area contributed by atoms with E-state index in [9.17, 15) is 9.59 Å². The lowest BCUT2D eigenvalue weighted by Crippen LogP contribution is -2.31. The summed E-state index contributed by atoms with van der Waals surface area (Å²) in [5.41, 5.74) is 3.46. The van der Waals surface area contributed by atoms with Gasteiger partial charge in [0.1, 0.15) is 0 Å². The third-order valence-electron chi connectivity index (χ3n) is 4.49. The van der Waals surface area contributed by atoms with Crippen molar-refractivity contribution in [3.8, 4) is 0 Å². The minimum Gasteiger partial charge on any atom is -0.452 e. The Kier molecular flexibility index (Phi) is 6.58. The first-order chi connectivity index (χ1) is 13.6. The Morgan fingerprint density at radius 3 is 2.18 bits per heavy atom. The highest BCUT2D eigenvalue weighted by molar-refractivity contribution is 5.92. The van der Waals surface area contributed by atoms with Gasteiger partial charge >= 0.3 is 5.97 Å². The molecule has 1 N–H and O–H groups in total. The highest BCUT2D eigenvalue weighted by Crippen LogP contribution is 2.16. The van der Waals surface area contributed by atoms with Gasteiger partial charge < -0.3 is 10.1 Å². The Labute approximate surface area is 165 Å². The van der Waals surface area contributed by atoms with Gasteiger partial charge in [-0.3, -0.25) is 4.79 Å². The van der Waals surface area contributed by atoms with E-state index in [1.54, 1.807) is 12.1 Å². The predicted octanol–water partition coefficient (Wildman–Crippen LogP) is 4.31. The molecule has 0 heterocycles. The molecule has 0 aliphatic carbocycles. The number of ether oxygens (including phenoxy) is 1. The number of nitrogens with one attached hydrogen (secondary N) is 1. The number of carbonyl (C=O) groups excluding carboxylic acids is 2. The van der Waals surface area contributed by atoms with Crippen molar-refractivity contribution in [3.63, 3.8) is 0 Å². The lowest BCUT2D eigenvalue weighted by atomic mass is 10.00. The fourth-order valence-corrected chi connectivity index (χ4v) is 3.01. The van der Waals surface area contributed by atoms with E-state index in [4.69, 9.17) is 4.74 Å². The highest BCUT2D eigenvalue weighted by Gasteiger charge is 2.15. The Bertz CT molecular complexity index is 923. The summed E-state index contributed by atoms with van der Waals surface area (Å²) in [4.78, 5) is 24.7. The molecule has 142 valence electrons. The SMILES string of the molecule is CC(NC(=O)COC(=O)c1ccccc1Cc1ccccc1)c1ccccc1. The van der Waals surface area contributed by atoms with Crippen molar-refractivity contribution in [2.45, 2.75) is 19.4 Å². The molecule has 3 aromatic carbocycles. The molecule has 0 fully saturated rings. The van der Waals surface area contributed by atoms with Gasteiger partial charge in [-0.15, -0.1) is 0 Å². The quantitative estimate of drug-likeness (QED) is 0.628. The molecular weight excluding hydrogens is 350 g/mol. The predicted molar refractivity (Wildman–Crippen MR) is 109 cm³/mol. The second-order valence-corrected chi connectivity index (χ2v) is 6.60. The first kappa shape index (κ1) is 19.4. The summed E-state index contributed by atoms with van der Waals surface area (Å²) in [6.45, 7) is 1.58. The molecule has 4 heteroatoms. The van der Waals surface area contributed by atoms with E-state index in [0.717, 1.165) is 16.7 Å². The van der Waals surface area contributed by atoms with Gasteiger partial charge in [0.15, 0.2) is 6.61 Å². The van der Waals surface area contributed by atoms with Gasteiger partial charge in [-0.1, -0.05) is 78.9 Å². The monoisotopic (exact) mass is 373 g/mol. The average molecular weight is 373 g/mol. The van der Waals surface area contributed by atoms with E-state index in [-0.39, 0.29) is 18.6 Å². The molecule has 0 aliphatic heterocycles. The number of esters is 1. The van der Waals surface area contributed by atoms with Gasteiger partial charge in [0.05, 0.1) is 11.6 Å². The van der Waals surface area contributed by atoms with E-state index in [0.29, 0.717) is 12.0 Å². The molecule has 4 nitrogen and oxygen atoms in total. The van der Waals surface area contributed by atoms with Crippen LogP contribution in [-0.4, -0.2) is 18.5 Å². The molecule has 0 radical (unpaired) electrons. The van der Waals surface area contributed by atoms with Crippen molar-refractivity contribution >= 4 is 11.9 Å². The van der Waals surface area contributed by atoms with E-state index >= 15 is 0 Å². The number of amides is 1. The van der Waals surface area contributed by atoms with Gasteiger partial charge in [0.25, 0.3) is 5.91 Å². The summed E-state index contributed by atoms with van der Waals surface area (Å²) >= 11 is 0. The van der Waals surface area contributed by atoms with Gasteiger partial charge in [0, 0.05) is 0 Å². The maximum Gasteiger partial charge on any atom is 0.338 e. The van der Waals surface area contributed by atoms with Crippen LogP contribution in [0.2, 0.25) is 0 Å². The summed E-state index contributed by atoms with van der Waals surface area (Å²) in [5, 5.41) is 2.84. The van der Waals surface area contributed by atoms with Crippen LogP contribution in [0.1, 0.15) is 40.0 Å². The van der Waals surface area contributed by atoms with Crippen molar-refractivity contribution in [2.75, 3.05) is 6.61 Å². The zero-order chi connectivity index (χ0) is 19.8. The number of benzene rings is 3. The normalized spacial score (nSPS) is 11.5. The summed E-state index contributed by atoms with van der Waals surface area (Å²) in [5.74, 6) is -0.820. The minimum absolute atomic E-state index is 0.155. The van der Waals surface area contributed by atoms with Crippen LogP contribution < -0.4 is 5.32 Å². The number of hydrogen-bond donors (Lipinski definition) is 1. The number of rotatable bonds is 7. The zero-order valence-corrected chi connectivity index (χ0v) is 15.8. The molecule has 1 atom stereocenters. The molecule has 1 amide bonds. The van der Waals surface area contributed by atoms with E-state index < -0.39 is 5.97 Å². The Morgan fingerprint density at radius 1 is 0.857 bits per heavy atom. The summed E-state index contributed by atoms with van der Waals surface area (Å²) in [6.07, 6.45) is 0.628. The third-order valence-corrected chi connectivity index (χ3v) is 4.49. The molecule has 1 unspecified atom stereocenters. The van der Waals surface area contributed by atoms with Crippen LogP contribution in [0.3, 0.4) is 0 Å². The molecule has 3 aromatic rings. The lowest BCUT2D eigenvalue weighted by Gasteiger charge is -2.15. The molecule has 0 spiro atoms. The number of hydrogen-bond acceptors (Lipinski definition) is 3. The Balaban J connectivity index is 1.58. The largest absolute Gasteiger partial charge is 0.452 e. The van der Waals surface area contributed by atoms with Gasteiger partial charge in [-0.25, -0.2) is 4.79 Å². The molecule has 0 saturated carbocycles. The fourth-order valence-electron chi connectivity index (χ4n) is 3.01. The van der Waals surface area contributed by atoms with Crippen LogP contribution in [0.25, 0.3) is 0 Å². The van der Waals surface area contributed by atoms with Gasteiger partial charge in [-0.2, -0.15) is 0 Å². The standard InChI is InChI=1S/C24H23NO3/c1-18(20-12-6-3-7-13-20)25-23(26)17-28-24(27)22-15-9-8-14-21(22)16-19-10-4-2-5-11-19/h2-15,18H,16-17H2,1H3,(H,25,26). The third kappa shape index (κ3) is 5.30. The summed E-state index contributed by atoms with van der Waals surface area (Å²) in [7, 11) is 0. The molecule has 0 aliphatic rings. The van der Waals surface area contributed by atoms with Crippen LogP contribution >= 0.6 is 0 Å². The Morgan fingerprint density at radius 2 is 1.46 bits per heavy atom. The minimum atomic E-state index is -0.492. The van der Waals surface area contributed by atoms with Crippen molar-refractivity contribution in [1.29, 1.82) is 0 Å². The van der Waals surface area contributed by atoms with E-state index in [1.165, 1.54) is 0 Å². The van der Waals surface area contributed by atoms with Crippen LogP contribution in [0.5, 0.6) is 0 Å². The second-order valence-electron chi connectivity index (χ2n) is 6.60. The van der Waals surface area contributed by atoms with Crippen molar-refractivity contribution < 1.29 is 14.3 Å². The van der Waals surface area contributed by atoms with E-state index in [1.807, 2.05) is 79.7 Å².